The number of carbonyl (C=O) groups is 1. The molecule has 1 amide bonds. The number of benzene rings is 1. The van der Waals surface area contributed by atoms with Crippen molar-refractivity contribution in [1.82, 2.24) is 4.90 Å². The Bertz CT molecular complexity index is 476. The van der Waals surface area contributed by atoms with Crippen molar-refractivity contribution in [3.05, 3.63) is 29.3 Å². The van der Waals surface area contributed by atoms with Gasteiger partial charge in [0.05, 0.1) is 31.4 Å². The molecule has 0 aliphatic carbocycles. The van der Waals surface area contributed by atoms with Crippen LogP contribution in [0.5, 0.6) is 0 Å². The number of hydrogen-bond donors (Lipinski definition) is 2. The Balaban J connectivity index is 2.29. The summed E-state index contributed by atoms with van der Waals surface area (Å²) in [7, 11) is 0. The van der Waals surface area contributed by atoms with E-state index in [2.05, 4.69) is 5.32 Å². The highest BCUT2D eigenvalue weighted by Gasteiger charge is 2.28. The molecular weight excluding hydrogens is 256 g/mol. The van der Waals surface area contributed by atoms with Crippen molar-refractivity contribution in [1.29, 1.82) is 0 Å². The van der Waals surface area contributed by atoms with Crippen LogP contribution < -0.4 is 5.32 Å². The molecule has 1 aliphatic heterocycles. The van der Waals surface area contributed by atoms with Crippen LogP contribution in [0.3, 0.4) is 0 Å². The Morgan fingerprint density at radius 2 is 2.35 bits per heavy atom. The fraction of sp³-hybridized carbons (Fsp3) is 0.533. The lowest BCUT2D eigenvalue weighted by atomic mass is 10.1. The van der Waals surface area contributed by atoms with Gasteiger partial charge in [0.2, 0.25) is 0 Å². The van der Waals surface area contributed by atoms with Crippen molar-refractivity contribution in [2.24, 2.45) is 0 Å². The minimum Gasteiger partial charge on any atom is -0.394 e. The second-order valence-electron chi connectivity index (χ2n) is 4.99. The summed E-state index contributed by atoms with van der Waals surface area (Å²) in [4.78, 5) is 14.4. The van der Waals surface area contributed by atoms with E-state index < -0.39 is 0 Å². The lowest BCUT2D eigenvalue weighted by Crippen LogP contribution is -2.50. The number of ether oxygens (including phenoxy) is 1. The van der Waals surface area contributed by atoms with E-state index in [0.717, 1.165) is 17.8 Å². The molecule has 2 N–H and O–H groups in total. The third-order valence-electron chi connectivity index (χ3n) is 3.47. The van der Waals surface area contributed by atoms with Gasteiger partial charge in [0, 0.05) is 18.8 Å². The van der Waals surface area contributed by atoms with E-state index in [1.807, 2.05) is 32.0 Å². The van der Waals surface area contributed by atoms with Crippen LogP contribution >= 0.6 is 0 Å². The normalized spacial score (nSPS) is 18.9. The van der Waals surface area contributed by atoms with Crippen molar-refractivity contribution in [2.75, 3.05) is 38.2 Å². The first kappa shape index (κ1) is 14.8. The van der Waals surface area contributed by atoms with Crippen molar-refractivity contribution >= 4 is 11.6 Å². The largest absolute Gasteiger partial charge is 0.394 e. The SMILES string of the molecule is CCNc1ccc(C)cc1C(=O)N1CCOCC1CO. The van der Waals surface area contributed by atoms with Crippen LogP contribution in [0.1, 0.15) is 22.8 Å². The van der Waals surface area contributed by atoms with Gasteiger partial charge in [-0.1, -0.05) is 11.6 Å². The molecule has 0 saturated carbocycles. The Morgan fingerprint density at radius 3 is 3.05 bits per heavy atom. The number of anilines is 1. The molecule has 1 aromatic rings. The van der Waals surface area contributed by atoms with Crippen LogP contribution in [0.25, 0.3) is 0 Å². The molecule has 5 nitrogen and oxygen atoms in total. The second-order valence-corrected chi connectivity index (χ2v) is 4.99. The van der Waals surface area contributed by atoms with Crippen molar-refractivity contribution in [3.8, 4) is 0 Å². The molecule has 1 unspecified atom stereocenters. The highest BCUT2D eigenvalue weighted by molar-refractivity contribution is 6.00. The lowest BCUT2D eigenvalue weighted by molar-refractivity contribution is -0.0183. The fourth-order valence-corrected chi connectivity index (χ4v) is 2.41. The van der Waals surface area contributed by atoms with Gasteiger partial charge < -0.3 is 20.1 Å². The van der Waals surface area contributed by atoms with Gasteiger partial charge in [0.15, 0.2) is 0 Å². The van der Waals surface area contributed by atoms with Crippen molar-refractivity contribution in [3.63, 3.8) is 0 Å². The number of carbonyl (C=O) groups excluding carboxylic acids is 1. The smallest absolute Gasteiger partial charge is 0.256 e. The monoisotopic (exact) mass is 278 g/mol. The van der Waals surface area contributed by atoms with E-state index in [-0.39, 0.29) is 18.6 Å². The summed E-state index contributed by atoms with van der Waals surface area (Å²) in [6.45, 7) is 6.08. The average molecular weight is 278 g/mol. The van der Waals surface area contributed by atoms with Gasteiger partial charge >= 0.3 is 0 Å². The fourth-order valence-electron chi connectivity index (χ4n) is 2.41. The zero-order chi connectivity index (χ0) is 14.5. The Labute approximate surface area is 119 Å². The number of rotatable bonds is 4. The topological polar surface area (TPSA) is 61.8 Å². The number of amides is 1. The Hall–Kier alpha value is -1.59. The van der Waals surface area contributed by atoms with Gasteiger partial charge in [-0.15, -0.1) is 0 Å². The summed E-state index contributed by atoms with van der Waals surface area (Å²) in [5.41, 5.74) is 2.54. The molecule has 1 aliphatic rings. The van der Waals surface area contributed by atoms with Crippen LogP contribution in [-0.4, -0.2) is 54.9 Å². The lowest BCUT2D eigenvalue weighted by Gasteiger charge is -2.35. The second kappa shape index (κ2) is 6.72. The predicted molar refractivity (Wildman–Crippen MR) is 78.1 cm³/mol. The molecule has 1 aromatic carbocycles. The quantitative estimate of drug-likeness (QED) is 0.870. The first-order valence-electron chi connectivity index (χ1n) is 7.01. The molecule has 0 bridgehead atoms. The molecule has 0 radical (unpaired) electrons. The van der Waals surface area contributed by atoms with E-state index in [1.165, 1.54) is 0 Å². The molecule has 0 aromatic heterocycles. The molecule has 5 heteroatoms. The molecule has 0 spiro atoms. The van der Waals surface area contributed by atoms with E-state index in [0.29, 0.717) is 25.3 Å². The molecular formula is C15H22N2O3. The number of hydrogen-bond acceptors (Lipinski definition) is 4. The summed E-state index contributed by atoms with van der Waals surface area (Å²) in [6.07, 6.45) is 0. The number of aliphatic hydroxyl groups is 1. The van der Waals surface area contributed by atoms with E-state index in [4.69, 9.17) is 4.74 Å². The van der Waals surface area contributed by atoms with Gasteiger partial charge in [0.25, 0.3) is 5.91 Å². The first-order valence-corrected chi connectivity index (χ1v) is 7.01. The highest BCUT2D eigenvalue weighted by Crippen LogP contribution is 2.21. The molecule has 2 rings (SSSR count). The zero-order valence-corrected chi connectivity index (χ0v) is 12.1. The molecule has 1 heterocycles. The summed E-state index contributed by atoms with van der Waals surface area (Å²) >= 11 is 0. The van der Waals surface area contributed by atoms with Gasteiger partial charge in [-0.05, 0) is 26.0 Å². The molecule has 1 saturated heterocycles. The van der Waals surface area contributed by atoms with Crippen LogP contribution in [0, 0.1) is 6.92 Å². The Kier molecular flexibility index (Phi) is 4.98. The standard InChI is InChI=1S/C15H22N2O3/c1-3-16-14-5-4-11(2)8-13(14)15(19)17-6-7-20-10-12(17)9-18/h4-5,8,12,16,18H,3,6-7,9-10H2,1-2H3. The third kappa shape index (κ3) is 3.11. The van der Waals surface area contributed by atoms with E-state index in [9.17, 15) is 9.90 Å². The maximum absolute atomic E-state index is 12.7. The average Bonchev–Trinajstić information content (AvgIpc) is 2.48. The van der Waals surface area contributed by atoms with Crippen LogP contribution in [-0.2, 0) is 4.74 Å². The number of nitrogens with one attached hydrogen (secondary N) is 1. The van der Waals surface area contributed by atoms with Gasteiger partial charge in [-0.25, -0.2) is 0 Å². The van der Waals surface area contributed by atoms with E-state index >= 15 is 0 Å². The first-order chi connectivity index (χ1) is 9.67. The van der Waals surface area contributed by atoms with Crippen LogP contribution in [0.2, 0.25) is 0 Å². The third-order valence-corrected chi connectivity index (χ3v) is 3.47. The number of aryl methyl sites for hydroxylation is 1. The summed E-state index contributed by atoms with van der Waals surface area (Å²) < 4.78 is 5.32. The Morgan fingerprint density at radius 1 is 1.55 bits per heavy atom. The molecule has 1 atom stereocenters. The molecule has 110 valence electrons. The van der Waals surface area contributed by atoms with Crippen molar-refractivity contribution < 1.29 is 14.6 Å². The summed E-state index contributed by atoms with van der Waals surface area (Å²) in [6, 6.07) is 5.55. The van der Waals surface area contributed by atoms with Crippen molar-refractivity contribution in [2.45, 2.75) is 19.9 Å². The maximum Gasteiger partial charge on any atom is 0.256 e. The molecule has 1 fully saturated rings. The maximum atomic E-state index is 12.7. The van der Waals surface area contributed by atoms with Gasteiger partial charge in [-0.3, -0.25) is 4.79 Å². The van der Waals surface area contributed by atoms with Crippen LogP contribution in [0.15, 0.2) is 18.2 Å². The van der Waals surface area contributed by atoms with E-state index in [1.54, 1.807) is 4.90 Å². The number of nitrogens with zero attached hydrogens (tertiary/aromatic N) is 1. The van der Waals surface area contributed by atoms with Gasteiger partial charge in [0.1, 0.15) is 0 Å². The summed E-state index contributed by atoms with van der Waals surface area (Å²) in [5, 5.41) is 12.6. The predicted octanol–water partition coefficient (Wildman–Crippen LogP) is 1.26. The van der Waals surface area contributed by atoms with Gasteiger partial charge in [-0.2, -0.15) is 0 Å². The van der Waals surface area contributed by atoms with Crippen LogP contribution in [0.4, 0.5) is 5.69 Å². The minimum atomic E-state index is -0.258. The molecule has 20 heavy (non-hydrogen) atoms. The number of aliphatic hydroxyl groups excluding tert-OH is 1. The zero-order valence-electron chi connectivity index (χ0n) is 12.1. The highest BCUT2D eigenvalue weighted by atomic mass is 16.5. The number of morpholine rings is 1. The minimum absolute atomic E-state index is 0.0491. The summed E-state index contributed by atoms with van der Waals surface area (Å²) in [5.74, 6) is -0.0491.